The number of rotatable bonds is 3. The van der Waals surface area contributed by atoms with E-state index < -0.39 is 22.3 Å². The molecule has 2 rings (SSSR count). The Labute approximate surface area is 118 Å². The summed E-state index contributed by atoms with van der Waals surface area (Å²) in [6.45, 7) is 3.66. The van der Waals surface area contributed by atoms with E-state index in [2.05, 4.69) is 10.0 Å². The van der Waals surface area contributed by atoms with Gasteiger partial charge in [-0.15, -0.1) is 0 Å². The number of hydrogen-bond donors (Lipinski definition) is 2. The van der Waals surface area contributed by atoms with Crippen LogP contribution in [0, 0.1) is 0 Å². The highest BCUT2D eigenvalue weighted by atomic mass is 32.2. The van der Waals surface area contributed by atoms with E-state index in [-0.39, 0.29) is 11.9 Å². The standard InChI is InChI=1S/C12H19N3O4S/c1-8(2)13-12(16)10-7-9(11-5-4-6-19-11)14-20(17,18)15(10)3/h4-6,8-10,14H,7H2,1-3H3,(H,13,16)/t9-,10+/m0/s1. The Balaban J connectivity index is 2.24. The van der Waals surface area contributed by atoms with E-state index in [1.54, 1.807) is 12.1 Å². The maximum Gasteiger partial charge on any atom is 0.280 e. The lowest BCUT2D eigenvalue weighted by Crippen LogP contribution is -2.57. The molecule has 20 heavy (non-hydrogen) atoms. The highest BCUT2D eigenvalue weighted by Gasteiger charge is 2.41. The van der Waals surface area contributed by atoms with Gasteiger partial charge < -0.3 is 9.73 Å². The first kappa shape index (κ1) is 15.0. The SMILES string of the molecule is CC(C)NC(=O)[C@H]1C[C@@H](c2ccco2)NS(=O)(=O)N1C. The maximum atomic E-state index is 12.1. The van der Waals surface area contributed by atoms with Gasteiger partial charge in [-0.25, -0.2) is 0 Å². The van der Waals surface area contributed by atoms with Crippen molar-refractivity contribution in [3.63, 3.8) is 0 Å². The Morgan fingerprint density at radius 1 is 1.55 bits per heavy atom. The summed E-state index contributed by atoms with van der Waals surface area (Å²) in [4.78, 5) is 12.1. The van der Waals surface area contributed by atoms with Crippen LogP contribution in [0.3, 0.4) is 0 Å². The van der Waals surface area contributed by atoms with Crippen LogP contribution in [-0.2, 0) is 15.0 Å². The Hall–Kier alpha value is -1.38. The summed E-state index contributed by atoms with van der Waals surface area (Å²) in [5.41, 5.74) is 0. The second kappa shape index (κ2) is 5.55. The molecule has 1 amide bonds. The zero-order valence-corrected chi connectivity index (χ0v) is 12.5. The lowest BCUT2D eigenvalue weighted by molar-refractivity contribution is -0.125. The van der Waals surface area contributed by atoms with E-state index in [1.165, 1.54) is 13.3 Å². The van der Waals surface area contributed by atoms with Gasteiger partial charge >= 0.3 is 0 Å². The number of hydrogen-bond acceptors (Lipinski definition) is 4. The molecule has 1 aromatic heterocycles. The fourth-order valence-corrected chi connectivity index (χ4v) is 3.42. The Morgan fingerprint density at radius 3 is 2.80 bits per heavy atom. The lowest BCUT2D eigenvalue weighted by atomic mass is 10.0. The van der Waals surface area contributed by atoms with Gasteiger partial charge in [-0.05, 0) is 32.4 Å². The van der Waals surface area contributed by atoms with Crippen LogP contribution in [0.5, 0.6) is 0 Å². The molecular weight excluding hydrogens is 282 g/mol. The van der Waals surface area contributed by atoms with E-state index in [4.69, 9.17) is 4.42 Å². The van der Waals surface area contributed by atoms with E-state index in [0.29, 0.717) is 12.2 Å². The molecule has 1 saturated heterocycles. The van der Waals surface area contributed by atoms with E-state index >= 15 is 0 Å². The van der Waals surface area contributed by atoms with Gasteiger partial charge in [0.1, 0.15) is 11.8 Å². The predicted molar refractivity (Wildman–Crippen MR) is 73.0 cm³/mol. The van der Waals surface area contributed by atoms with Crippen LogP contribution in [0.25, 0.3) is 0 Å². The minimum atomic E-state index is -3.70. The van der Waals surface area contributed by atoms with Gasteiger partial charge in [-0.2, -0.15) is 17.4 Å². The number of carbonyl (C=O) groups is 1. The van der Waals surface area contributed by atoms with Gasteiger partial charge in [-0.3, -0.25) is 4.79 Å². The molecule has 7 nitrogen and oxygen atoms in total. The van der Waals surface area contributed by atoms with Crippen LogP contribution in [0.15, 0.2) is 22.8 Å². The molecule has 1 aliphatic heterocycles. The first-order valence-corrected chi connectivity index (χ1v) is 7.84. The molecule has 2 atom stereocenters. The molecule has 0 aliphatic carbocycles. The maximum absolute atomic E-state index is 12.1. The first-order valence-electron chi connectivity index (χ1n) is 6.40. The average molecular weight is 301 g/mol. The van der Waals surface area contributed by atoms with Crippen molar-refractivity contribution < 1.29 is 17.6 Å². The second-order valence-electron chi connectivity index (χ2n) is 5.12. The van der Waals surface area contributed by atoms with Crippen molar-refractivity contribution in [1.29, 1.82) is 0 Å². The third kappa shape index (κ3) is 3.02. The van der Waals surface area contributed by atoms with E-state index in [1.807, 2.05) is 13.8 Å². The minimum Gasteiger partial charge on any atom is -0.468 e. The predicted octanol–water partition coefficient (Wildman–Crippen LogP) is 0.384. The second-order valence-corrected chi connectivity index (χ2v) is 6.88. The Morgan fingerprint density at radius 2 is 2.25 bits per heavy atom. The van der Waals surface area contributed by atoms with Crippen molar-refractivity contribution in [2.45, 2.75) is 38.4 Å². The van der Waals surface area contributed by atoms with Crippen molar-refractivity contribution in [1.82, 2.24) is 14.3 Å². The topological polar surface area (TPSA) is 91.6 Å². The fourth-order valence-electron chi connectivity index (χ4n) is 2.17. The quantitative estimate of drug-likeness (QED) is 0.844. The summed E-state index contributed by atoms with van der Waals surface area (Å²) in [7, 11) is -2.31. The molecule has 1 aliphatic rings. The number of carbonyl (C=O) groups excluding carboxylic acids is 1. The third-order valence-electron chi connectivity index (χ3n) is 3.19. The molecule has 0 bridgehead atoms. The summed E-state index contributed by atoms with van der Waals surface area (Å²) in [5.74, 6) is 0.202. The van der Waals surface area contributed by atoms with Gasteiger partial charge in [-0.1, -0.05) is 0 Å². The molecule has 2 N–H and O–H groups in total. The molecule has 0 aromatic carbocycles. The molecule has 0 radical (unpaired) electrons. The van der Waals surface area contributed by atoms with Crippen molar-refractivity contribution in [3.8, 4) is 0 Å². The molecule has 0 spiro atoms. The number of amides is 1. The van der Waals surface area contributed by atoms with Crippen molar-refractivity contribution in [2.75, 3.05) is 7.05 Å². The summed E-state index contributed by atoms with van der Waals surface area (Å²) in [6, 6.07) is 2.05. The van der Waals surface area contributed by atoms with Crippen molar-refractivity contribution in [3.05, 3.63) is 24.2 Å². The lowest BCUT2D eigenvalue weighted by Gasteiger charge is -2.35. The average Bonchev–Trinajstić information content (AvgIpc) is 2.84. The van der Waals surface area contributed by atoms with Gasteiger partial charge in [0.15, 0.2) is 0 Å². The molecule has 0 unspecified atom stereocenters. The molecule has 112 valence electrons. The molecule has 2 heterocycles. The van der Waals surface area contributed by atoms with Crippen LogP contribution in [0.4, 0.5) is 0 Å². The fraction of sp³-hybridized carbons (Fsp3) is 0.583. The molecule has 1 aromatic rings. The highest BCUT2D eigenvalue weighted by molar-refractivity contribution is 7.87. The van der Waals surface area contributed by atoms with Crippen LogP contribution in [0.2, 0.25) is 0 Å². The summed E-state index contributed by atoms with van der Waals surface area (Å²) < 4.78 is 33.0. The van der Waals surface area contributed by atoms with Gasteiger partial charge in [0, 0.05) is 13.1 Å². The monoisotopic (exact) mass is 301 g/mol. The van der Waals surface area contributed by atoms with Gasteiger partial charge in [0.2, 0.25) is 5.91 Å². The summed E-state index contributed by atoms with van der Waals surface area (Å²) in [6.07, 6.45) is 1.80. The van der Waals surface area contributed by atoms with Crippen LogP contribution in [0.1, 0.15) is 32.1 Å². The van der Waals surface area contributed by atoms with Crippen LogP contribution < -0.4 is 10.0 Å². The van der Waals surface area contributed by atoms with Crippen molar-refractivity contribution in [2.24, 2.45) is 0 Å². The van der Waals surface area contributed by atoms with Gasteiger partial charge in [0.25, 0.3) is 10.2 Å². The van der Waals surface area contributed by atoms with Gasteiger partial charge in [0.05, 0.1) is 12.3 Å². The Bertz CT molecular complexity index is 568. The number of furan rings is 1. The molecular formula is C12H19N3O4S. The molecule has 1 fully saturated rings. The molecule has 0 saturated carbocycles. The van der Waals surface area contributed by atoms with Crippen LogP contribution >= 0.6 is 0 Å². The minimum absolute atomic E-state index is 0.0458. The smallest absolute Gasteiger partial charge is 0.280 e. The Kier molecular flexibility index (Phi) is 4.17. The van der Waals surface area contributed by atoms with Crippen molar-refractivity contribution >= 4 is 16.1 Å². The zero-order chi connectivity index (χ0) is 14.9. The summed E-state index contributed by atoms with van der Waals surface area (Å²) in [5, 5.41) is 2.74. The first-order chi connectivity index (χ1) is 9.31. The summed E-state index contributed by atoms with van der Waals surface area (Å²) >= 11 is 0. The van der Waals surface area contributed by atoms with Crippen LogP contribution in [-0.4, -0.2) is 37.8 Å². The highest BCUT2D eigenvalue weighted by Crippen LogP contribution is 2.27. The van der Waals surface area contributed by atoms with E-state index in [9.17, 15) is 13.2 Å². The largest absolute Gasteiger partial charge is 0.468 e. The molecule has 8 heteroatoms. The number of nitrogens with zero attached hydrogens (tertiary/aromatic N) is 1. The number of likely N-dealkylation sites (N-methyl/N-ethyl adjacent to an activating group) is 1. The third-order valence-corrected chi connectivity index (χ3v) is 4.78. The number of nitrogens with one attached hydrogen (secondary N) is 2. The normalized spacial score (nSPS) is 26.6. The van der Waals surface area contributed by atoms with E-state index in [0.717, 1.165) is 4.31 Å². The zero-order valence-electron chi connectivity index (χ0n) is 11.7.